The summed E-state index contributed by atoms with van der Waals surface area (Å²) >= 11 is 7.01. The lowest BCUT2D eigenvalue weighted by atomic mass is 10.1. The second-order valence-electron chi connectivity index (χ2n) is 4.55. The number of furan rings is 1. The molecule has 2 rings (SSSR count). The van der Waals surface area contributed by atoms with Crippen molar-refractivity contribution in [1.82, 2.24) is 5.32 Å². The summed E-state index contributed by atoms with van der Waals surface area (Å²) in [6, 6.07) is 4.09. The third-order valence-corrected chi connectivity index (χ3v) is 3.59. The number of hydrogen-bond donors (Lipinski definition) is 1. The van der Waals surface area contributed by atoms with Crippen LogP contribution >= 0.6 is 31.9 Å². The molecule has 1 N–H and O–H groups in total. The topological polar surface area (TPSA) is 25.2 Å². The van der Waals surface area contributed by atoms with Crippen LogP contribution in [-0.4, -0.2) is 6.54 Å². The SMILES string of the molecule is CC(C)CNCc1coc2c(Br)cc(Br)cc12. The van der Waals surface area contributed by atoms with Gasteiger partial charge in [-0.25, -0.2) is 0 Å². The number of fused-ring (bicyclic) bond motifs is 1. The molecule has 0 aliphatic heterocycles. The van der Waals surface area contributed by atoms with E-state index in [9.17, 15) is 0 Å². The van der Waals surface area contributed by atoms with Crippen LogP contribution in [0.5, 0.6) is 0 Å². The summed E-state index contributed by atoms with van der Waals surface area (Å²) < 4.78 is 7.63. The molecular formula is C13H15Br2NO. The van der Waals surface area contributed by atoms with Gasteiger partial charge in [-0.3, -0.25) is 0 Å². The molecule has 0 unspecified atom stereocenters. The predicted molar refractivity (Wildman–Crippen MR) is 78.2 cm³/mol. The lowest BCUT2D eigenvalue weighted by Gasteiger charge is -2.06. The zero-order valence-electron chi connectivity index (χ0n) is 9.89. The van der Waals surface area contributed by atoms with E-state index >= 15 is 0 Å². The van der Waals surface area contributed by atoms with Crippen LogP contribution in [0.3, 0.4) is 0 Å². The van der Waals surface area contributed by atoms with Crippen molar-refractivity contribution in [3.8, 4) is 0 Å². The second kappa shape index (κ2) is 5.55. The first-order valence-corrected chi connectivity index (χ1v) is 7.22. The van der Waals surface area contributed by atoms with Gasteiger partial charge in [0.1, 0.15) is 5.58 Å². The average molecular weight is 361 g/mol. The highest BCUT2D eigenvalue weighted by atomic mass is 79.9. The Labute approximate surface area is 118 Å². The molecule has 0 aliphatic carbocycles. The average Bonchev–Trinajstić information content (AvgIpc) is 2.61. The van der Waals surface area contributed by atoms with E-state index in [1.807, 2.05) is 12.3 Å². The molecule has 0 saturated carbocycles. The minimum atomic E-state index is 0.659. The van der Waals surface area contributed by atoms with Gasteiger partial charge in [0.15, 0.2) is 0 Å². The van der Waals surface area contributed by atoms with Gasteiger partial charge in [-0.2, -0.15) is 0 Å². The monoisotopic (exact) mass is 359 g/mol. The van der Waals surface area contributed by atoms with E-state index in [0.717, 1.165) is 33.0 Å². The Balaban J connectivity index is 2.23. The molecule has 92 valence electrons. The van der Waals surface area contributed by atoms with Crippen LogP contribution in [-0.2, 0) is 6.54 Å². The smallest absolute Gasteiger partial charge is 0.148 e. The molecule has 0 fully saturated rings. The summed E-state index contributed by atoms with van der Waals surface area (Å²) in [5, 5.41) is 4.58. The van der Waals surface area contributed by atoms with Crippen molar-refractivity contribution < 1.29 is 4.42 Å². The molecule has 17 heavy (non-hydrogen) atoms. The van der Waals surface area contributed by atoms with Crippen molar-refractivity contribution in [2.24, 2.45) is 5.92 Å². The summed E-state index contributed by atoms with van der Waals surface area (Å²) in [5.41, 5.74) is 2.11. The van der Waals surface area contributed by atoms with E-state index in [2.05, 4.69) is 57.1 Å². The first-order valence-electron chi connectivity index (χ1n) is 5.63. The number of rotatable bonds is 4. The van der Waals surface area contributed by atoms with Crippen molar-refractivity contribution in [3.05, 3.63) is 32.9 Å². The maximum Gasteiger partial charge on any atom is 0.148 e. The van der Waals surface area contributed by atoms with Crippen molar-refractivity contribution in [2.45, 2.75) is 20.4 Å². The van der Waals surface area contributed by atoms with Gasteiger partial charge in [0.2, 0.25) is 0 Å². The normalized spacial score (nSPS) is 11.6. The highest BCUT2D eigenvalue weighted by molar-refractivity contribution is 9.11. The van der Waals surface area contributed by atoms with Gasteiger partial charge in [0, 0.05) is 22.0 Å². The predicted octanol–water partition coefficient (Wildman–Crippen LogP) is 4.70. The molecule has 0 spiro atoms. The van der Waals surface area contributed by atoms with Gasteiger partial charge in [-0.15, -0.1) is 0 Å². The fourth-order valence-electron chi connectivity index (χ4n) is 1.74. The van der Waals surface area contributed by atoms with E-state index in [4.69, 9.17) is 4.42 Å². The van der Waals surface area contributed by atoms with Crippen molar-refractivity contribution in [3.63, 3.8) is 0 Å². The molecule has 0 atom stereocenters. The molecule has 2 aromatic rings. The summed E-state index contributed by atoms with van der Waals surface area (Å²) in [7, 11) is 0. The van der Waals surface area contributed by atoms with Crippen LogP contribution in [0, 0.1) is 5.92 Å². The van der Waals surface area contributed by atoms with Crippen molar-refractivity contribution >= 4 is 42.8 Å². The molecule has 0 amide bonds. The van der Waals surface area contributed by atoms with Crippen LogP contribution in [0.15, 0.2) is 31.8 Å². The van der Waals surface area contributed by atoms with Crippen LogP contribution in [0.1, 0.15) is 19.4 Å². The Hall–Kier alpha value is -0.320. The highest BCUT2D eigenvalue weighted by Crippen LogP contribution is 2.31. The zero-order chi connectivity index (χ0) is 12.4. The standard InChI is InChI=1S/C13H15Br2NO/c1-8(2)5-16-6-9-7-17-13-11(9)3-10(14)4-12(13)15/h3-4,7-8,16H,5-6H2,1-2H3. The van der Waals surface area contributed by atoms with Gasteiger partial charge < -0.3 is 9.73 Å². The van der Waals surface area contributed by atoms with Crippen LogP contribution < -0.4 is 5.32 Å². The molecule has 2 nitrogen and oxygen atoms in total. The molecule has 0 aliphatic rings. The van der Waals surface area contributed by atoms with Crippen molar-refractivity contribution in [1.29, 1.82) is 0 Å². The number of halogens is 2. The van der Waals surface area contributed by atoms with Gasteiger partial charge in [0.25, 0.3) is 0 Å². The lowest BCUT2D eigenvalue weighted by molar-refractivity contribution is 0.546. The second-order valence-corrected chi connectivity index (χ2v) is 6.32. The van der Waals surface area contributed by atoms with Crippen LogP contribution in [0.25, 0.3) is 11.0 Å². The van der Waals surface area contributed by atoms with Crippen LogP contribution in [0.4, 0.5) is 0 Å². The first-order chi connectivity index (χ1) is 8.08. The van der Waals surface area contributed by atoms with E-state index in [0.29, 0.717) is 5.92 Å². The van der Waals surface area contributed by atoms with Gasteiger partial charge in [-0.05, 0) is 40.5 Å². The Bertz CT molecular complexity index is 519. The van der Waals surface area contributed by atoms with Gasteiger partial charge in [0.05, 0.1) is 10.7 Å². The highest BCUT2D eigenvalue weighted by Gasteiger charge is 2.09. The lowest BCUT2D eigenvalue weighted by Crippen LogP contribution is -2.18. The third-order valence-electron chi connectivity index (χ3n) is 2.54. The Morgan fingerprint density at radius 1 is 1.29 bits per heavy atom. The molecule has 4 heteroatoms. The van der Waals surface area contributed by atoms with E-state index < -0.39 is 0 Å². The molecule has 0 radical (unpaired) electrons. The van der Waals surface area contributed by atoms with Crippen molar-refractivity contribution in [2.75, 3.05) is 6.54 Å². The largest absolute Gasteiger partial charge is 0.463 e. The van der Waals surface area contributed by atoms with E-state index in [1.165, 1.54) is 5.56 Å². The molecule has 0 bridgehead atoms. The molecule has 1 aromatic heterocycles. The van der Waals surface area contributed by atoms with Gasteiger partial charge in [-0.1, -0.05) is 29.8 Å². The van der Waals surface area contributed by atoms with Crippen LogP contribution in [0.2, 0.25) is 0 Å². The minimum Gasteiger partial charge on any atom is -0.463 e. The molecule has 1 aromatic carbocycles. The summed E-state index contributed by atoms with van der Waals surface area (Å²) in [6.07, 6.45) is 1.83. The number of hydrogen-bond acceptors (Lipinski definition) is 2. The summed E-state index contributed by atoms with van der Waals surface area (Å²) in [5.74, 6) is 0.659. The van der Waals surface area contributed by atoms with E-state index in [-0.39, 0.29) is 0 Å². The molecule has 0 saturated heterocycles. The Morgan fingerprint density at radius 3 is 2.76 bits per heavy atom. The van der Waals surface area contributed by atoms with Gasteiger partial charge >= 0.3 is 0 Å². The summed E-state index contributed by atoms with van der Waals surface area (Å²) in [4.78, 5) is 0. The maximum absolute atomic E-state index is 5.58. The maximum atomic E-state index is 5.58. The number of benzene rings is 1. The Morgan fingerprint density at radius 2 is 2.06 bits per heavy atom. The zero-order valence-corrected chi connectivity index (χ0v) is 13.1. The fourth-order valence-corrected chi connectivity index (χ4v) is 3.06. The third kappa shape index (κ3) is 3.12. The summed E-state index contributed by atoms with van der Waals surface area (Å²) in [6.45, 7) is 6.26. The molecule has 1 heterocycles. The fraction of sp³-hybridized carbons (Fsp3) is 0.385. The number of nitrogens with one attached hydrogen (secondary N) is 1. The van der Waals surface area contributed by atoms with E-state index in [1.54, 1.807) is 0 Å². The minimum absolute atomic E-state index is 0.659. The molecular weight excluding hydrogens is 346 g/mol. The first kappa shape index (κ1) is 13.1. The Kier molecular flexibility index (Phi) is 4.28. The quantitative estimate of drug-likeness (QED) is 0.854.